The summed E-state index contributed by atoms with van der Waals surface area (Å²) in [6.45, 7) is 16.0. The normalized spacial score (nSPS) is 11.5. The average Bonchev–Trinajstić information content (AvgIpc) is 3.44. The second kappa shape index (κ2) is 18.6. The zero-order valence-corrected chi connectivity index (χ0v) is 24.3. The van der Waals surface area contributed by atoms with Crippen molar-refractivity contribution in [1.29, 1.82) is 0 Å². The molecule has 0 nitrogen and oxygen atoms in total. The van der Waals surface area contributed by atoms with E-state index in [0.29, 0.717) is 0 Å². The third kappa shape index (κ3) is 8.19. The van der Waals surface area contributed by atoms with E-state index in [1.54, 1.807) is 0 Å². The molecule has 0 N–H and O–H groups in total. The van der Waals surface area contributed by atoms with Gasteiger partial charge in [-0.2, -0.15) is 0 Å². The predicted molar refractivity (Wildman–Crippen MR) is 169 cm³/mol. The highest BCUT2D eigenvalue weighted by Gasteiger charge is 2.28. The van der Waals surface area contributed by atoms with Gasteiger partial charge in [0.05, 0.1) is 0 Å². The van der Waals surface area contributed by atoms with E-state index in [2.05, 4.69) is 121 Å². The van der Waals surface area contributed by atoms with Crippen LogP contribution in [0.2, 0.25) is 0 Å². The van der Waals surface area contributed by atoms with Gasteiger partial charge < -0.3 is 0 Å². The van der Waals surface area contributed by atoms with Crippen LogP contribution in [0, 0.1) is 0 Å². The molecule has 0 bridgehead atoms. The first kappa shape index (κ1) is 31.4. The van der Waals surface area contributed by atoms with Crippen LogP contribution in [0.5, 0.6) is 0 Å². The maximum absolute atomic E-state index is 2.23. The van der Waals surface area contributed by atoms with Crippen molar-refractivity contribution >= 4 is 22.3 Å². The maximum Gasteiger partial charge on any atom is -0.000111 e. The molecule has 5 rings (SSSR count). The molecular formula is C37H46. The van der Waals surface area contributed by atoms with E-state index in [1.165, 1.54) is 44.5 Å². The van der Waals surface area contributed by atoms with E-state index in [4.69, 9.17) is 0 Å². The summed E-state index contributed by atoms with van der Waals surface area (Å²) >= 11 is 0. The van der Waals surface area contributed by atoms with E-state index in [1.807, 2.05) is 55.4 Å². The Labute approximate surface area is 227 Å². The molecule has 4 aromatic rings. The lowest BCUT2D eigenvalue weighted by molar-refractivity contribution is 1.42. The fourth-order valence-electron chi connectivity index (χ4n) is 4.27. The molecule has 0 aromatic heterocycles. The summed E-state index contributed by atoms with van der Waals surface area (Å²) in [6.07, 6.45) is 0.933. The third-order valence-corrected chi connectivity index (χ3v) is 5.58. The highest BCUT2D eigenvalue weighted by molar-refractivity contribution is 6.27. The van der Waals surface area contributed by atoms with Crippen LogP contribution in [0.4, 0.5) is 0 Å². The van der Waals surface area contributed by atoms with Gasteiger partial charge in [0.15, 0.2) is 0 Å². The Morgan fingerprint density at radius 1 is 0.297 bits per heavy atom. The van der Waals surface area contributed by atoms with Gasteiger partial charge in [0.2, 0.25) is 0 Å². The van der Waals surface area contributed by atoms with Crippen molar-refractivity contribution in [3.63, 3.8) is 0 Å². The van der Waals surface area contributed by atoms with Crippen LogP contribution in [0.25, 0.3) is 22.3 Å². The number of hydrogen-bond acceptors (Lipinski definition) is 0. The lowest BCUT2D eigenvalue weighted by Gasteiger charge is -2.14. The van der Waals surface area contributed by atoms with Crippen LogP contribution in [-0.4, -0.2) is 0 Å². The van der Waals surface area contributed by atoms with E-state index >= 15 is 0 Å². The summed E-state index contributed by atoms with van der Waals surface area (Å²) in [6, 6.07) is 43.3. The summed E-state index contributed by atoms with van der Waals surface area (Å²) in [5, 5.41) is 0. The molecular weight excluding hydrogens is 444 g/mol. The second-order valence-corrected chi connectivity index (χ2v) is 7.35. The number of hydrogen-bond donors (Lipinski definition) is 0. The Morgan fingerprint density at radius 3 is 0.757 bits per heavy atom. The van der Waals surface area contributed by atoms with E-state index < -0.39 is 0 Å². The molecule has 4 aromatic carbocycles. The molecule has 0 heteroatoms. The average molecular weight is 491 g/mol. The fraction of sp³-hybridized carbons (Fsp3) is 0.243. The van der Waals surface area contributed by atoms with Crippen molar-refractivity contribution in [1.82, 2.24) is 0 Å². The molecule has 0 saturated carbocycles. The molecule has 0 spiro atoms. The molecule has 0 amide bonds. The Morgan fingerprint density at radius 2 is 0.514 bits per heavy atom. The van der Waals surface area contributed by atoms with Gasteiger partial charge in [-0.25, -0.2) is 0 Å². The molecule has 1 aliphatic carbocycles. The van der Waals surface area contributed by atoms with Crippen LogP contribution in [0.1, 0.15) is 84.1 Å². The summed E-state index contributed by atoms with van der Waals surface area (Å²) in [5.74, 6) is 0. The molecule has 0 unspecified atom stereocenters. The fourth-order valence-corrected chi connectivity index (χ4v) is 4.27. The van der Waals surface area contributed by atoms with Gasteiger partial charge in [-0.1, -0.05) is 177 Å². The maximum atomic E-state index is 2.23. The first-order valence-corrected chi connectivity index (χ1v) is 14.1. The lowest BCUT2D eigenvalue weighted by atomic mass is 9.89. The van der Waals surface area contributed by atoms with Gasteiger partial charge >= 0.3 is 0 Å². The van der Waals surface area contributed by atoms with E-state index in [9.17, 15) is 0 Å². The van der Waals surface area contributed by atoms with Gasteiger partial charge in [-0.05, 0) is 51.0 Å². The second-order valence-electron chi connectivity index (χ2n) is 7.35. The van der Waals surface area contributed by atoms with Gasteiger partial charge in [-0.3, -0.25) is 0 Å². The number of rotatable bonds is 4. The quantitative estimate of drug-likeness (QED) is 0.267. The molecule has 194 valence electrons. The molecule has 37 heavy (non-hydrogen) atoms. The van der Waals surface area contributed by atoms with Crippen molar-refractivity contribution in [2.75, 3.05) is 0 Å². The zero-order chi connectivity index (χ0) is 27.5. The molecule has 0 aliphatic heterocycles. The van der Waals surface area contributed by atoms with Crippen molar-refractivity contribution in [2.24, 2.45) is 0 Å². The van der Waals surface area contributed by atoms with Crippen LogP contribution in [-0.2, 0) is 0 Å². The van der Waals surface area contributed by atoms with Crippen LogP contribution < -0.4 is 0 Å². The lowest BCUT2D eigenvalue weighted by Crippen LogP contribution is -1.92. The Bertz CT molecular complexity index is 1070. The Hall–Kier alpha value is -3.64. The highest BCUT2D eigenvalue weighted by atomic mass is 14.3. The predicted octanol–water partition coefficient (Wildman–Crippen LogP) is 11.7. The number of benzene rings is 4. The molecule has 1 aliphatic rings. The van der Waals surface area contributed by atoms with Gasteiger partial charge in [-0.15, -0.1) is 0 Å². The van der Waals surface area contributed by atoms with Crippen molar-refractivity contribution < 1.29 is 0 Å². The minimum absolute atomic E-state index is 0.933. The van der Waals surface area contributed by atoms with Gasteiger partial charge in [0.25, 0.3) is 0 Å². The monoisotopic (exact) mass is 490 g/mol. The van der Waals surface area contributed by atoms with Crippen LogP contribution >= 0.6 is 0 Å². The molecule has 0 heterocycles. The van der Waals surface area contributed by atoms with Gasteiger partial charge in [0, 0.05) is 0 Å². The smallest absolute Gasteiger partial charge is 0.000111 e. The topological polar surface area (TPSA) is 0 Å². The molecule has 0 atom stereocenters. The molecule has 0 radical (unpaired) electrons. The van der Waals surface area contributed by atoms with Crippen molar-refractivity contribution in [3.05, 3.63) is 144 Å². The summed E-state index contributed by atoms with van der Waals surface area (Å²) in [5.41, 5.74) is 10.6. The summed E-state index contributed by atoms with van der Waals surface area (Å²) < 4.78 is 0. The van der Waals surface area contributed by atoms with Gasteiger partial charge in [0.1, 0.15) is 0 Å². The highest BCUT2D eigenvalue weighted by Crippen LogP contribution is 2.51. The molecule has 0 saturated heterocycles. The number of allylic oxidation sites excluding steroid dienone is 4. The Balaban J connectivity index is 0.000000784. The first-order valence-electron chi connectivity index (χ1n) is 14.1. The van der Waals surface area contributed by atoms with E-state index in [0.717, 1.165) is 6.42 Å². The third-order valence-electron chi connectivity index (χ3n) is 5.58. The van der Waals surface area contributed by atoms with Crippen molar-refractivity contribution in [3.8, 4) is 0 Å². The first-order chi connectivity index (χ1) is 18.4. The SMILES string of the molecule is CC.CC.CC.CC.c1ccc(C2=C(c3ccccc3)C(c3ccccc3)=C(c3ccccc3)C2)cc1. The molecule has 0 fully saturated rings. The van der Waals surface area contributed by atoms with E-state index in [-0.39, 0.29) is 0 Å². The summed E-state index contributed by atoms with van der Waals surface area (Å²) in [7, 11) is 0. The Kier molecular flexibility index (Phi) is 15.8. The van der Waals surface area contributed by atoms with Crippen LogP contribution in [0.15, 0.2) is 121 Å². The van der Waals surface area contributed by atoms with Crippen LogP contribution in [0.3, 0.4) is 0 Å². The minimum Gasteiger partial charge on any atom is -0.0683 e. The minimum atomic E-state index is 0.933. The largest absolute Gasteiger partial charge is 0.0683 e. The summed E-state index contributed by atoms with van der Waals surface area (Å²) in [4.78, 5) is 0. The zero-order valence-electron chi connectivity index (χ0n) is 24.3. The standard InChI is InChI=1S/C29H22.4C2H6/c1-5-13-22(14-6-1)26-21-27(23-15-7-2-8-16-23)29(25-19-11-4-12-20-25)28(26)24-17-9-3-10-18-24;4*1-2/h1-20H,21H2;4*1-2H3. The van der Waals surface area contributed by atoms with Crippen molar-refractivity contribution in [2.45, 2.75) is 61.8 Å².